The summed E-state index contributed by atoms with van der Waals surface area (Å²) in [5, 5.41) is 30.9. The van der Waals surface area contributed by atoms with Crippen molar-refractivity contribution in [2.75, 3.05) is 14.2 Å². The van der Waals surface area contributed by atoms with Crippen LogP contribution in [0.4, 0.5) is 0 Å². The number of ether oxygens (including phenoxy) is 2. The lowest BCUT2D eigenvalue weighted by atomic mass is 10.0. The maximum atomic E-state index is 12.7. The van der Waals surface area contributed by atoms with E-state index in [1.54, 1.807) is 19.9 Å². The smallest absolute Gasteiger partial charge is 0.238 e. The fourth-order valence-corrected chi connectivity index (χ4v) is 3.04. The van der Waals surface area contributed by atoms with Gasteiger partial charge in [0.1, 0.15) is 22.5 Å². The Morgan fingerprint density at radius 3 is 2.23 bits per heavy atom. The van der Waals surface area contributed by atoms with Gasteiger partial charge in [-0.15, -0.1) is 0 Å². The van der Waals surface area contributed by atoms with Crippen LogP contribution in [-0.4, -0.2) is 29.5 Å². The van der Waals surface area contributed by atoms with Crippen molar-refractivity contribution >= 4 is 11.0 Å². The standard InChI is InChI=1S/C19H18O7/c1-8-13(20)12-15(22)16(23)19(26-18(12)9(2)17(8)25-4)10-6-5-7-11(24-3)14(10)21/h5-7,20-21,23H,1-4H3. The Balaban J connectivity index is 2.48. The predicted molar refractivity (Wildman–Crippen MR) is 95.5 cm³/mol. The van der Waals surface area contributed by atoms with Gasteiger partial charge in [0, 0.05) is 11.1 Å². The average molecular weight is 358 g/mol. The van der Waals surface area contributed by atoms with Crippen LogP contribution < -0.4 is 14.9 Å². The lowest BCUT2D eigenvalue weighted by Gasteiger charge is -2.15. The summed E-state index contributed by atoms with van der Waals surface area (Å²) in [5.74, 6) is -1.04. The summed E-state index contributed by atoms with van der Waals surface area (Å²) >= 11 is 0. The molecule has 26 heavy (non-hydrogen) atoms. The first kappa shape index (κ1) is 17.5. The zero-order chi connectivity index (χ0) is 19.2. The lowest BCUT2D eigenvalue weighted by molar-refractivity contribution is 0.373. The van der Waals surface area contributed by atoms with Gasteiger partial charge in [0.05, 0.1) is 19.8 Å². The Morgan fingerprint density at radius 2 is 1.62 bits per heavy atom. The van der Waals surface area contributed by atoms with E-state index in [9.17, 15) is 20.1 Å². The van der Waals surface area contributed by atoms with Gasteiger partial charge in [0.15, 0.2) is 17.3 Å². The molecular formula is C19H18O7. The van der Waals surface area contributed by atoms with Crippen LogP contribution in [0.3, 0.4) is 0 Å². The first-order valence-corrected chi connectivity index (χ1v) is 7.75. The molecule has 0 aliphatic heterocycles. The molecule has 0 unspecified atom stereocenters. The van der Waals surface area contributed by atoms with Gasteiger partial charge in [0.2, 0.25) is 11.2 Å². The summed E-state index contributed by atoms with van der Waals surface area (Å²) in [6.07, 6.45) is 0. The molecule has 3 rings (SSSR count). The third-order valence-corrected chi connectivity index (χ3v) is 4.37. The maximum Gasteiger partial charge on any atom is 0.238 e. The third-order valence-electron chi connectivity index (χ3n) is 4.37. The molecule has 0 aliphatic rings. The van der Waals surface area contributed by atoms with Gasteiger partial charge in [-0.3, -0.25) is 4.79 Å². The number of rotatable bonds is 3. The number of phenolic OH excluding ortho intramolecular Hbond substituents is 2. The second kappa shape index (κ2) is 6.18. The van der Waals surface area contributed by atoms with E-state index in [4.69, 9.17) is 13.9 Å². The molecular weight excluding hydrogens is 340 g/mol. The molecule has 7 heteroatoms. The van der Waals surface area contributed by atoms with E-state index >= 15 is 0 Å². The van der Waals surface area contributed by atoms with Crippen molar-refractivity contribution in [1.82, 2.24) is 0 Å². The highest BCUT2D eigenvalue weighted by Gasteiger charge is 2.25. The van der Waals surface area contributed by atoms with Crippen molar-refractivity contribution in [3.63, 3.8) is 0 Å². The molecule has 0 fully saturated rings. The Hall–Kier alpha value is -3.35. The van der Waals surface area contributed by atoms with Gasteiger partial charge >= 0.3 is 0 Å². The zero-order valence-corrected chi connectivity index (χ0v) is 14.7. The van der Waals surface area contributed by atoms with E-state index < -0.39 is 11.2 Å². The number of fused-ring (bicyclic) bond motifs is 1. The minimum absolute atomic E-state index is 0.0602. The lowest BCUT2D eigenvalue weighted by Crippen LogP contribution is -2.06. The highest BCUT2D eigenvalue weighted by Crippen LogP contribution is 2.44. The minimum atomic E-state index is -0.810. The van der Waals surface area contributed by atoms with Crippen molar-refractivity contribution in [2.45, 2.75) is 13.8 Å². The SMILES string of the molecule is COc1cccc(-c2oc3c(C)c(OC)c(C)c(O)c3c(=O)c2O)c1O. The molecule has 0 aliphatic carbocycles. The average Bonchev–Trinajstić information content (AvgIpc) is 2.63. The van der Waals surface area contributed by atoms with Crippen molar-refractivity contribution < 1.29 is 29.2 Å². The van der Waals surface area contributed by atoms with Gasteiger partial charge in [0.25, 0.3) is 0 Å². The monoisotopic (exact) mass is 358 g/mol. The molecule has 1 heterocycles. The summed E-state index contributed by atoms with van der Waals surface area (Å²) in [4.78, 5) is 12.7. The zero-order valence-electron chi connectivity index (χ0n) is 14.7. The molecule has 7 nitrogen and oxygen atoms in total. The molecule has 3 aromatic rings. The van der Waals surface area contributed by atoms with E-state index in [-0.39, 0.29) is 39.5 Å². The van der Waals surface area contributed by atoms with E-state index in [0.717, 1.165) is 0 Å². The summed E-state index contributed by atoms with van der Waals surface area (Å²) in [7, 11) is 2.82. The Labute approximate surface area is 148 Å². The van der Waals surface area contributed by atoms with Crippen LogP contribution in [-0.2, 0) is 0 Å². The van der Waals surface area contributed by atoms with Crippen molar-refractivity contribution in [1.29, 1.82) is 0 Å². The molecule has 0 radical (unpaired) electrons. The van der Waals surface area contributed by atoms with Crippen LogP contribution in [0.1, 0.15) is 11.1 Å². The number of methoxy groups -OCH3 is 2. The number of benzene rings is 2. The molecule has 1 aromatic heterocycles. The predicted octanol–water partition coefficient (Wildman–Crippen LogP) is 3.21. The molecule has 0 saturated heterocycles. The minimum Gasteiger partial charge on any atom is -0.507 e. The number of aryl methyl sites for hydroxylation is 1. The van der Waals surface area contributed by atoms with Crippen LogP contribution >= 0.6 is 0 Å². The third kappa shape index (κ3) is 2.32. The molecule has 136 valence electrons. The number of aromatic hydroxyl groups is 3. The summed E-state index contributed by atoms with van der Waals surface area (Å²) in [6, 6.07) is 4.58. The van der Waals surface area contributed by atoms with Gasteiger partial charge in [-0.1, -0.05) is 6.07 Å². The van der Waals surface area contributed by atoms with Crippen LogP contribution in [0.15, 0.2) is 27.4 Å². The van der Waals surface area contributed by atoms with Crippen LogP contribution in [0.25, 0.3) is 22.3 Å². The van der Waals surface area contributed by atoms with Crippen LogP contribution in [0.5, 0.6) is 28.7 Å². The second-order valence-electron chi connectivity index (χ2n) is 5.80. The highest BCUT2D eigenvalue weighted by atomic mass is 16.5. The molecule has 0 bridgehead atoms. The molecule has 0 spiro atoms. The molecule has 0 atom stereocenters. The summed E-state index contributed by atoms with van der Waals surface area (Å²) < 4.78 is 16.1. The number of hydrogen-bond donors (Lipinski definition) is 3. The van der Waals surface area contributed by atoms with Gasteiger partial charge in [-0.25, -0.2) is 0 Å². The Morgan fingerprint density at radius 1 is 0.923 bits per heavy atom. The van der Waals surface area contributed by atoms with E-state index in [1.165, 1.54) is 26.4 Å². The van der Waals surface area contributed by atoms with E-state index in [2.05, 4.69) is 0 Å². The van der Waals surface area contributed by atoms with E-state index in [0.29, 0.717) is 16.9 Å². The first-order chi connectivity index (χ1) is 12.3. The molecule has 2 aromatic carbocycles. The second-order valence-corrected chi connectivity index (χ2v) is 5.80. The fraction of sp³-hybridized carbons (Fsp3) is 0.211. The first-order valence-electron chi connectivity index (χ1n) is 7.75. The van der Waals surface area contributed by atoms with Gasteiger partial charge < -0.3 is 29.2 Å². The maximum absolute atomic E-state index is 12.7. The highest BCUT2D eigenvalue weighted by molar-refractivity contribution is 5.93. The molecule has 0 amide bonds. The van der Waals surface area contributed by atoms with Gasteiger partial charge in [-0.05, 0) is 26.0 Å². The number of hydrogen-bond acceptors (Lipinski definition) is 7. The summed E-state index contributed by atoms with van der Waals surface area (Å²) in [5.41, 5.74) is 0.179. The van der Waals surface area contributed by atoms with Gasteiger partial charge in [-0.2, -0.15) is 0 Å². The molecule has 3 N–H and O–H groups in total. The van der Waals surface area contributed by atoms with Crippen LogP contribution in [0.2, 0.25) is 0 Å². The van der Waals surface area contributed by atoms with Crippen molar-refractivity contribution in [2.24, 2.45) is 0 Å². The van der Waals surface area contributed by atoms with Crippen molar-refractivity contribution in [3.8, 4) is 40.1 Å². The van der Waals surface area contributed by atoms with Crippen molar-refractivity contribution in [3.05, 3.63) is 39.5 Å². The Kier molecular flexibility index (Phi) is 4.15. The number of para-hydroxylation sites is 1. The number of phenols is 2. The Bertz CT molecular complexity index is 1080. The largest absolute Gasteiger partial charge is 0.507 e. The topological polar surface area (TPSA) is 109 Å². The fourth-order valence-electron chi connectivity index (χ4n) is 3.04. The summed E-state index contributed by atoms with van der Waals surface area (Å²) in [6.45, 7) is 3.27. The molecule has 0 saturated carbocycles. The normalized spacial score (nSPS) is 10.9. The van der Waals surface area contributed by atoms with E-state index in [1.807, 2.05) is 0 Å². The van der Waals surface area contributed by atoms with Crippen LogP contribution in [0, 0.1) is 13.8 Å². The quantitative estimate of drug-likeness (QED) is 0.659.